The van der Waals surface area contributed by atoms with Crippen LogP contribution in [0.1, 0.15) is 28.8 Å². The Kier molecular flexibility index (Phi) is 7.75. The molecule has 1 aliphatic carbocycles. The van der Waals surface area contributed by atoms with E-state index in [1.54, 1.807) is 40.2 Å². The van der Waals surface area contributed by atoms with E-state index in [9.17, 15) is 19.7 Å². The summed E-state index contributed by atoms with van der Waals surface area (Å²) in [5, 5.41) is 16.1. The van der Waals surface area contributed by atoms with Gasteiger partial charge >= 0.3 is 0 Å². The summed E-state index contributed by atoms with van der Waals surface area (Å²) in [5.74, 6) is -0.370. The number of fused-ring (bicyclic) bond motifs is 3. The Morgan fingerprint density at radius 1 is 1.16 bits per heavy atom. The molecule has 0 spiro atoms. The van der Waals surface area contributed by atoms with Crippen molar-refractivity contribution in [1.82, 2.24) is 15.0 Å². The zero-order chi connectivity index (χ0) is 26.5. The van der Waals surface area contributed by atoms with E-state index >= 15 is 0 Å². The fourth-order valence-electron chi connectivity index (χ4n) is 4.34. The number of amides is 1. The quantitative estimate of drug-likeness (QED) is 0.108. The molecule has 11 heteroatoms. The first-order valence-electron chi connectivity index (χ1n) is 12.0. The Bertz CT molecular complexity index is 1630. The van der Waals surface area contributed by atoms with Crippen LogP contribution in [0.4, 0.5) is 5.69 Å². The number of carbonyl (C=O) groups excluding carboxylic acids is 1. The van der Waals surface area contributed by atoms with Gasteiger partial charge in [-0.2, -0.15) is 5.10 Å². The van der Waals surface area contributed by atoms with Crippen molar-refractivity contribution in [3.63, 3.8) is 0 Å². The highest BCUT2D eigenvalue weighted by Gasteiger charge is 2.23. The van der Waals surface area contributed by atoms with Gasteiger partial charge in [-0.1, -0.05) is 42.1 Å². The van der Waals surface area contributed by atoms with Crippen molar-refractivity contribution in [3.05, 3.63) is 97.1 Å². The predicted octanol–water partition coefficient (Wildman–Crippen LogP) is 5.14. The van der Waals surface area contributed by atoms with Crippen LogP contribution in [0, 0.1) is 10.1 Å². The summed E-state index contributed by atoms with van der Waals surface area (Å²) < 4.78 is 1.58. The van der Waals surface area contributed by atoms with Gasteiger partial charge in [0.25, 0.3) is 17.2 Å². The van der Waals surface area contributed by atoms with Gasteiger partial charge in [0.15, 0.2) is 5.16 Å². The van der Waals surface area contributed by atoms with Crippen molar-refractivity contribution in [3.8, 4) is 5.69 Å². The van der Waals surface area contributed by atoms with Gasteiger partial charge in [-0.25, -0.2) is 10.4 Å². The molecule has 2 aromatic carbocycles. The smallest absolute Gasteiger partial charge is 0.272 e. The van der Waals surface area contributed by atoms with E-state index in [1.165, 1.54) is 35.0 Å². The van der Waals surface area contributed by atoms with Crippen LogP contribution in [0.25, 0.3) is 22.0 Å². The number of aryl methyl sites for hydroxylation is 2. The third-order valence-corrected chi connectivity index (χ3v) is 8.19. The molecule has 2 aromatic heterocycles. The summed E-state index contributed by atoms with van der Waals surface area (Å²) in [6, 6.07) is 15.7. The Balaban J connectivity index is 1.32. The van der Waals surface area contributed by atoms with Crippen molar-refractivity contribution in [2.45, 2.75) is 30.8 Å². The largest absolute Gasteiger partial charge is 0.276 e. The minimum atomic E-state index is -0.457. The Morgan fingerprint density at radius 2 is 1.92 bits per heavy atom. The number of benzene rings is 2. The van der Waals surface area contributed by atoms with E-state index in [-0.39, 0.29) is 22.9 Å². The van der Waals surface area contributed by atoms with Crippen LogP contribution in [-0.4, -0.2) is 32.3 Å². The number of hydrazone groups is 1. The second-order valence-corrected chi connectivity index (χ2v) is 10.6. The lowest BCUT2D eigenvalue weighted by Gasteiger charge is -2.13. The lowest BCUT2D eigenvalue weighted by atomic mass is 9.97. The molecule has 4 aromatic rings. The van der Waals surface area contributed by atoms with Crippen LogP contribution < -0.4 is 11.0 Å². The number of nitrogens with one attached hydrogen (secondary N) is 1. The van der Waals surface area contributed by atoms with Gasteiger partial charge in [-0.05, 0) is 61.6 Å². The molecule has 5 rings (SSSR count). The van der Waals surface area contributed by atoms with E-state index in [2.05, 4.69) is 10.5 Å². The molecule has 0 unspecified atom stereocenters. The van der Waals surface area contributed by atoms with Crippen LogP contribution in [0.3, 0.4) is 0 Å². The number of allylic oxidation sites excluding steroid dienone is 1. The zero-order valence-electron chi connectivity index (χ0n) is 20.2. The molecule has 0 aliphatic heterocycles. The Hall–Kier alpha value is -4.09. The van der Waals surface area contributed by atoms with Gasteiger partial charge in [0.05, 0.1) is 27.3 Å². The number of carbonyl (C=O) groups is 1. The van der Waals surface area contributed by atoms with E-state index in [0.717, 1.165) is 36.1 Å². The monoisotopic (exact) mass is 545 g/mol. The fraction of sp³-hybridized carbons (Fsp3) is 0.185. The first kappa shape index (κ1) is 25.6. The number of thioether (sulfide) groups is 1. The molecule has 1 amide bonds. The summed E-state index contributed by atoms with van der Waals surface area (Å²) in [7, 11) is 0. The summed E-state index contributed by atoms with van der Waals surface area (Å²) in [6.45, 7) is 0. The molecule has 1 N–H and O–H groups in total. The van der Waals surface area contributed by atoms with E-state index in [1.807, 2.05) is 30.3 Å². The average molecular weight is 546 g/mol. The third-order valence-electron chi connectivity index (χ3n) is 6.06. The number of nitrogens with zero attached hydrogens (tertiary/aromatic N) is 4. The number of hydrogen-bond donors (Lipinski definition) is 1. The van der Waals surface area contributed by atoms with Gasteiger partial charge in [-0.15, -0.1) is 11.3 Å². The van der Waals surface area contributed by atoms with E-state index < -0.39 is 4.92 Å². The molecule has 2 heterocycles. The molecule has 9 nitrogen and oxygen atoms in total. The second kappa shape index (κ2) is 11.5. The van der Waals surface area contributed by atoms with Gasteiger partial charge in [0.1, 0.15) is 4.83 Å². The van der Waals surface area contributed by atoms with Crippen molar-refractivity contribution in [1.29, 1.82) is 0 Å². The van der Waals surface area contributed by atoms with Crippen molar-refractivity contribution >= 4 is 57.2 Å². The van der Waals surface area contributed by atoms with Gasteiger partial charge in [-0.3, -0.25) is 24.3 Å². The molecule has 0 saturated heterocycles. The van der Waals surface area contributed by atoms with Gasteiger partial charge in [0.2, 0.25) is 0 Å². The highest BCUT2D eigenvalue weighted by molar-refractivity contribution is 7.99. The topological polar surface area (TPSA) is 119 Å². The molecule has 0 fully saturated rings. The second-order valence-electron chi connectivity index (χ2n) is 8.54. The number of aromatic nitrogens is 2. The summed E-state index contributed by atoms with van der Waals surface area (Å²) in [5.41, 5.74) is 4.57. The number of thiophene rings is 1. The predicted molar refractivity (Wildman–Crippen MR) is 151 cm³/mol. The number of hydrogen-bond acceptors (Lipinski definition) is 8. The SMILES string of the molecule is O=C(CSc1nc2sc3c(c2c(=O)n1-c1ccccc1)CCCC3)N/N=C\C=C\c1ccccc1[N+](=O)[O-]. The summed E-state index contributed by atoms with van der Waals surface area (Å²) in [6.07, 6.45) is 8.44. The first-order chi connectivity index (χ1) is 18.5. The van der Waals surface area contributed by atoms with E-state index in [0.29, 0.717) is 21.8 Å². The fourth-order valence-corrected chi connectivity index (χ4v) is 6.45. The van der Waals surface area contributed by atoms with Crippen LogP contribution in [0.2, 0.25) is 0 Å². The zero-order valence-corrected chi connectivity index (χ0v) is 21.8. The van der Waals surface area contributed by atoms with Crippen molar-refractivity contribution in [2.75, 3.05) is 5.75 Å². The number of para-hydroxylation sites is 2. The highest BCUT2D eigenvalue weighted by atomic mass is 32.2. The standard InChI is InChI=1S/C27H23N5O4S2/c33-23(30-28-16-8-10-18-9-4-6-14-21(18)32(35)36)17-37-27-29-25-24(20-13-5-7-15-22(20)38-25)26(34)31(27)19-11-2-1-3-12-19/h1-4,6,8-12,14,16H,5,7,13,15,17H2,(H,30,33)/b10-8+,28-16-. The maximum Gasteiger partial charge on any atom is 0.276 e. The Morgan fingerprint density at radius 3 is 2.74 bits per heavy atom. The maximum absolute atomic E-state index is 13.7. The number of nitro groups is 1. The minimum Gasteiger partial charge on any atom is -0.272 e. The number of nitro benzene ring substituents is 1. The minimum absolute atomic E-state index is 0.00107. The molecular weight excluding hydrogens is 522 g/mol. The molecule has 0 atom stereocenters. The van der Waals surface area contributed by atoms with Crippen LogP contribution >= 0.6 is 23.1 Å². The third kappa shape index (κ3) is 5.43. The first-order valence-corrected chi connectivity index (χ1v) is 13.8. The number of rotatable bonds is 8. The Labute approximate surface area is 226 Å². The van der Waals surface area contributed by atoms with Gasteiger partial charge < -0.3 is 0 Å². The molecular formula is C27H23N5O4S2. The van der Waals surface area contributed by atoms with Crippen LogP contribution in [0.15, 0.2) is 75.7 Å². The highest BCUT2D eigenvalue weighted by Crippen LogP contribution is 2.35. The molecule has 192 valence electrons. The molecule has 1 aliphatic rings. The lowest BCUT2D eigenvalue weighted by Crippen LogP contribution is -2.24. The molecule has 0 bridgehead atoms. The van der Waals surface area contributed by atoms with E-state index in [4.69, 9.17) is 4.98 Å². The average Bonchev–Trinajstić information content (AvgIpc) is 3.31. The molecule has 0 saturated carbocycles. The molecule has 38 heavy (non-hydrogen) atoms. The summed E-state index contributed by atoms with van der Waals surface area (Å²) in [4.78, 5) is 43.6. The van der Waals surface area contributed by atoms with Crippen LogP contribution in [-0.2, 0) is 17.6 Å². The maximum atomic E-state index is 13.7. The van der Waals surface area contributed by atoms with Gasteiger partial charge in [0, 0.05) is 17.2 Å². The van der Waals surface area contributed by atoms with Crippen molar-refractivity contribution in [2.24, 2.45) is 5.10 Å². The molecule has 0 radical (unpaired) electrons. The van der Waals surface area contributed by atoms with Crippen LogP contribution in [0.5, 0.6) is 0 Å². The summed E-state index contributed by atoms with van der Waals surface area (Å²) >= 11 is 2.75. The normalized spacial score (nSPS) is 13.3. The lowest BCUT2D eigenvalue weighted by molar-refractivity contribution is -0.385. The van der Waals surface area contributed by atoms with Crippen molar-refractivity contribution < 1.29 is 9.72 Å².